The normalized spacial score (nSPS) is 10.2. The summed E-state index contributed by atoms with van der Waals surface area (Å²) in [4.78, 5) is 30.5. The van der Waals surface area contributed by atoms with E-state index in [0.717, 1.165) is 5.69 Å². The summed E-state index contributed by atoms with van der Waals surface area (Å²) in [5.74, 6) is -0.120. The minimum atomic E-state index is -0.353. The highest BCUT2D eigenvalue weighted by atomic mass is 32.1. The Hall–Kier alpha value is -3.59. The number of hydrogen-bond donors (Lipinski definition) is 3. The summed E-state index contributed by atoms with van der Waals surface area (Å²) in [5.41, 5.74) is 9.86. The molecule has 0 unspecified atom stereocenters. The quantitative estimate of drug-likeness (QED) is 0.517. The topological polar surface area (TPSA) is 95.6 Å². The van der Waals surface area contributed by atoms with Crippen LogP contribution < -0.4 is 25.8 Å². The number of ether oxygens (including phenoxy) is 1. The van der Waals surface area contributed by atoms with Gasteiger partial charge in [0.15, 0.2) is 0 Å². The van der Waals surface area contributed by atoms with E-state index in [1.807, 2.05) is 31.1 Å². The number of aromatic nitrogens is 1. The maximum absolute atomic E-state index is 12.6. The van der Waals surface area contributed by atoms with Crippen LogP contribution in [0.3, 0.4) is 0 Å². The highest BCUT2D eigenvalue weighted by molar-refractivity contribution is 7.07. The van der Waals surface area contributed by atoms with Crippen molar-refractivity contribution in [1.82, 2.24) is 10.4 Å². The summed E-state index contributed by atoms with van der Waals surface area (Å²) in [6.07, 6.45) is 0. The van der Waals surface area contributed by atoms with Crippen molar-refractivity contribution in [2.45, 2.75) is 0 Å². The zero-order valence-electron chi connectivity index (χ0n) is 16.2. The van der Waals surface area contributed by atoms with Gasteiger partial charge in [-0.05, 0) is 42.5 Å². The van der Waals surface area contributed by atoms with Gasteiger partial charge in [-0.25, -0.2) is 4.98 Å². The van der Waals surface area contributed by atoms with Crippen LogP contribution in [0.4, 0.5) is 17.1 Å². The van der Waals surface area contributed by atoms with Crippen molar-refractivity contribution in [1.29, 1.82) is 0 Å². The van der Waals surface area contributed by atoms with Gasteiger partial charge in [-0.2, -0.15) is 0 Å². The Morgan fingerprint density at radius 3 is 2.45 bits per heavy atom. The molecule has 0 radical (unpaired) electrons. The molecule has 0 bridgehead atoms. The van der Waals surface area contributed by atoms with E-state index < -0.39 is 0 Å². The van der Waals surface area contributed by atoms with Crippen molar-refractivity contribution in [3.05, 3.63) is 64.6 Å². The van der Waals surface area contributed by atoms with Gasteiger partial charge in [0, 0.05) is 30.7 Å². The number of amides is 2. The van der Waals surface area contributed by atoms with Crippen LogP contribution in [0.5, 0.6) is 5.75 Å². The molecule has 0 aliphatic carbocycles. The molecule has 0 atom stereocenters. The van der Waals surface area contributed by atoms with E-state index in [1.54, 1.807) is 41.2 Å². The van der Waals surface area contributed by atoms with Crippen LogP contribution in [-0.2, 0) is 0 Å². The Kier molecular flexibility index (Phi) is 6.30. The summed E-state index contributed by atoms with van der Waals surface area (Å²) < 4.78 is 5.33. The summed E-state index contributed by atoms with van der Waals surface area (Å²) in [6.45, 7) is 0. The van der Waals surface area contributed by atoms with E-state index in [4.69, 9.17) is 4.74 Å². The highest BCUT2D eigenvalue weighted by Crippen LogP contribution is 2.28. The van der Waals surface area contributed by atoms with Crippen LogP contribution in [0, 0.1) is 0 Å². The fourth-order valence-corrected chi connectivity index (χ4v) is 3.04. The SMILES string of the molecule is COc1ccc(NNC(=O)c2cscn2)cc1NC(=O)c1ccc(N(C)C)cc1. The van der Waals surface area contributed by atoms with Gasteiger partial charge in [0.25, 0.3) is 11.8 Å². The molecule has 2 amide bonds. The van der Waals surface area contributed by atoms with E-state index >= 15 is 0 Å². The standard InChI is InChI=1S/C20H21N5O3S/c1-25(2)15-7-4-13(5-8-15)19(26)22-16-10-14(6-9-18(16)28-3)23-24-20(27)17-11-29-12-21-17/h4-12,23H,1-3H3,(H,22,26)(H,24,27). The molecule has 0 saturated carbocycles. The number of methoxy groups -OCH3 is 1. The average molecular weight is 411 g/mol. The van der Waals surface area contributed by atoms with E-state index in [9.17, 15) is 9.59 Å². The van der Waals surface area contributed by atoms with Crippen molar-refractivity contribution in [2.75, 3.05) is 36.8 Å². The molecule has 29 heavy (non-hydrogen) atoms. The zero-order chi connectivity index (χ0) is 20.8. The van der Waals surface area contributed by atoms with Crippen LogP contribution in [0.2, 0.25) is 0 Å². The average Bonchev–Trinajstić information content (AvgIpc) is 3.27. The molecule has 3 N–H and O–H groups in total. The minimum Gasteiger partial charge on any atom is -0.495 e. The Morgan fingerprint density at radius 2 is 1.83 bits per heavy atom. The van der Waals surface area contributed by atoms with Gasteiger partial charge in [-0.15, -0.1) is 11.3 Å². The molecule has 8 nitrogen and oxygen atoms in total. The van der Waals surface area contributed by atoms with Crippen LogP contribution in [0.1, 0.15) is 20.8 Å². The Morgan fingerprint density at radius 1 is 1.07 bits per heavy atom. The molecular weight excluding hydrogens is 390 g/mol. The van der Waals surface area contributed by atoms with Crippen LogP contribution in [-0.4, -0.2) is 38.0 Å². The van der Waals surface area contributed by atoms with Gasteiger partial charge >= 0.3 is 0 Å². The first kappa shape index (κ1) is 20.2. The minimum absolute atomic E-state index is 0.266. The number of nitrogens with one attached hydrogen (secondary N) is 3. The molecule has 1 aromatic heterocycles. The third-order valence-corrected chi connectivity index (χ3v) is 4.67. The number of hydrazine groups is 1. The first-order chi connectivity index (χ1) is 14.0. The molecule has 0 saturated heterocycles. The van der Waals surface area contributed by atoms with E-state index in [2.05, 4.69) is 21.2 Å². The molecule has 0 fully saturated rings. The third kappa shape index (κ3) is 5.02. The van der Waals surface area contributed by atoms with Crippen molar-refractivity contribution in [3.8, 4) is 5.75 Å². The maximum atomic E-state index is 12.6. The van der Waals surface area contributed by atoms with Crippen LogP contribution >= 0.6 is 11.3 Å². The molecule has 3 aromatic rings. The van der Waals surface area contributed by atoms with Gasteiger partial charge in [-0.1, -0.05) is 0 Å². The number of nitrogens with zero attached hydrogens (tertiary/aromatic N) is 2. The molecule has 2 aromatic carbocycles. The predicted octanol–water partition coefficient (Wildman–Crippen LogP) is 3.23. The number of thiazole rings is 1. The molecular formula is C20H21N5O3S. The predicted molar refractivity (Wildman–Crippen MR) is 115 cm³/mol. The van der Waals surface area contributed by atoms with Gasteiger partial charge in [-0.3, -0.25) is 20.4 Å². The van der Waals surface area contributed by atoms with E-state index in [1.165, 1.54) is 18.4 Å². The van der Waals surface area contributed by atoms with Crippen LogP contribution in [0.25, 0.3) is 0 Å². The molecule has 9 heteroatoms. The number of carbonyl (C=O) groups excluding carboxylic acids is 2. The zero-order valence-corrected chi connectivity index (χ0v) is 17.0. The number of rotatable bonds is 7. The molecule has 1 heterocycles. The second-order valence-electron chi connectivity index (χ2n) is 6.26. The monoisotopic (exact) mass is 411 g/mol. The fourth-order valence-electron chi connectivity index (χ4n) is 2.51. The first-order valence-electron chi connectivity index (χ1n) is 8.69. The Balaban J connectivity index is 1.71. The second-order valence-corrected chi connectivity index (χ2v) is 6.98. The van der Waals surface area contributed by atoms with Crippen molar-refractivity contribution in [3.63, 3.8) is 0 Å². The van der Waals surface area contributed by atoms with Gasteiger partial charge in [0.1, 0.15) is 11.4 Å². The molecule has 150 valence electrons. The molecule has 0 aliphatic rings. The molecule has 3 rings (SSSR count). The lowest BCUT2D eigenvalue weighted by Gasteiger charge is -2.15. The summed E-state index contributed by atoms with van der Waals surface area (Å²) >= 11 is 1.34. The lowest BCUT2D eigenvalue weighted by molar-refractivity contribution is 0.0957. The molecule has 0 spiro atoms. The highest BCUT2D eigenvalue weighted by Gasteiger charge is 2.12. The van der Waals surface area contributed by atoms with Gasteiger partial charge < -0.3 is 15.0 Å². The number of benzene rings is 2. The summed E-state index contributed by atoms with van der Waals surface area (Å²) in [7, 11) is 5.39. The Labute approximate surface area is 172 Å². The van der Waals surface area contributed by atoms with E-state index in [0.29, 0.717) is 28.4 Å². The third-order valence-electron chi connectivity index (χ3n) is 4.08. The van der Waals surface area contributed by atoms with Crippen molar-refractivity contribution < 1.29 is 14.3 Å². The Bertz CT molecular complexity index is 988. The van der Waals surface area contributed by atoms with Gasteiger partial charge in [0.2, 0.25) is 0 Å². The van der Waals surface area contributed by atoms with Crippen molar-refractivity contribution >= 4 is 40.2 Å². The number of anilines is 3. The fraction of sp³-hybridized carbons (Fsp3) is 0.150. The lowest BCUT2D eigenvalue weighted by Crippen LogP contribution is -2.29. The lowest BCUT2D eigenvalue weighted by atomic mass is 10.1. The summed E-state index contributed by atoms with van der Waals surface area (Å²) in [6, 6.07) is 12.4. The van der Waals surface area contributed by atoms with Gasteiger partial charge in [0.05, 0.1) is 24.0 Å². The van der Waals surface area contributed by atoms with E-state index in [-0.39, 0.29) is 11.8 Å². The largest absolute Gasteiger partial charge is 0.495 e. The number of carbonyl (C=O) groups is 2. The van der Waals surface area contributed by atoms with Crippen LogP contribution in [0.15, 0.2) is 53.4 Å². The number of hydrogen-bond acceptors (Lipinski definition) is 7. The second kappa shape index (κ2) is 9.07. The summed E-state index contributed by atoms with van der Waals surface area (Å²) in [5, 5.41) is 4.49. The smallest absolute Gasteiger partial charge is 0.289 e. The maximum Gasteiger partial charge on any atom is 0.289 e. The first-order valence-corrected chi connectivity index (χ1v) is 9.63. The molecule has 0 aliphatic heterocycles. The van der Waals surface area contributed by atoms with Crippen molar-refractivity contribution in [2.24, 2.45) is 0 Å².